The van der Waals surface area contributed by atoms with E-state index in [1.54, 1.807) is 25.5 Å². The average Bonchev–Trinajstić information content (AvgIpc) is 3.27. The van der Waals surface area contributed by atoms with E-state index < -0.39 is 11.0 Å². The lowest BCUT2D eigenvalue weighted by Crippen LogP contribution is -2.46. The van der Waals surface area contributed by atoms with E-state index in [1.807, 2.05) is 24.3 Å². The second-order valence-electron chi connectivity index (χ2n) is 9.43. The molecule has 0 unspecified atom stereocenters. The molecule has 0 aliphatic carbocycles. The van der Waals surface area contributed by atoms with Crippen LogP contribution in [-0.4, -0.2) is 61.7 Å². The zero-order valence-corrected chi connectivity index (χ0v) is 18.9. The number of imidazole rings is 1. The highest BCUT2D eigenvalue weighted by molar-refractivity contribution is 6.06. The first kappa shape index (κ1) is 21.3. The summed E-state index contributed by atoms with van der Waals surface area (Å²) in [7, 11) is 1.73. The summed E-state index contributed by atoms with van der Waals surface area (Å²) >= 11 is 0. The van der Waals surface area contributed by atoms with Crippen LogP contribution in [0.1, 0.15) is 42.9 Å². The van der Waals surface area contributed by atoms with Gasteiger partial charge in [0.15, 0.2) is 17.0 Å². The van der Waals surface area contributed by atoms with Crippen LogP contribution < -0.4 is 15.5 Å². The Morgan fingerprint density at radius 3 is 2.70 bits per heavy atom. The van der Waals surface area contributed by atoms with Crippen LogP contribution in [0, 0.1) is 0 Å². The molecule has 0 bridgehead atoms. The Morgan fingerprint density at radius 2 is 1.97 bits per heavy atom. The van der Waals surface area contributed by atoms with Crippen LogP contribution in [0.3, 0.4) is 0 Å². The number of carbonyl (C=O) groups is 2. The fourth-order valence-corrected chi connectivity index (χ4v) is 4.77. The number of nitrogens with zero attached hydrogens (tertiary/aromatic N) is 5. The van der Waals surface area contributed by atoms with Gasteiger partial charge < -0.3 is 25.2 Å². The maximum absolute atomic E-state index is 12.9. The van der Waals surface area contributed by atoms with Crippen LogP contribution in [0.15, 0.2) is 30.6 Å². The van der Waals surface area contributed by atoms with Gasteiger partial charge in [-0.1, -0.05) is 18.2 Å². The van der Waals surface area contributed by atoms with Crippen LogP contribution in [0.2, 0.25) is 0 Å². The summed E-state index contributed by atoms with van der Waals surface area (Å²) in [5.74, 6) is 0.521. The third-order valence-corrected chi connectivity index (χ3v) is 6.56. The molecular formula is C23H27N7O3. The SMILES string of the molecule is Cn1c(C(=O)NCC(C)(C)O)nc2c(N3CCC4(CC3)C(=O)Nc3ccccc34)ncnc21. The number of hydrogen-bond acceptors (Lipinski definition) is 7. The monoisotopic (exact) mass is 449 g/mol. The minimum Gasteiger partial charge on any atom is -0.389 e. The summed E-state index contributed by atoms with van der Waals surface area (Å²) in [6.07, 6.45) is 2.79. The largest absolute Gasteiger partial charge is 0.389 e. The first-order valence-corrected chi connectivity index (χ1v) is 11.0. The molecule has 33 heavy (non-hydrogen) atoms. The molecule has 1 spiro atoms. The molecule has 10 heteroatoms. The van der Waals surface area contributed by atoms with Gasteiger partial charge in [0.1, 0.15) is 6.33 Å². The van der Waals surface area contributed by atoms with Gasteiger partial charge in [-0.2, -0.15) is 0 Å². The molecule has 1 fully saturated rings. The standard InChI is InChI=1S/C23H27N7O3/c1-22(2,33)12-24-20(31)19-28-16-17(29(19)3)25-13-26-18(16)30-10-8-23(9-11-30)14-6-4-5-7-15(14)27-21(23)32/h4-7,13,33H,8-12H2,1-3H3,(H,24,31)(H,27,32). The van der Waals surface area contributed by atoms with Gasteiger partial charge in [-0.3, -0.25) is 9.59 Å². The van der Waals surface area contributed by atoms with Gasteiger partial charge in [0, 0.05) is 32.4 Å². The van der Waals surface area contributed by atoms with Crippen molar-refractivity contribution in [3.05, 3.63) is 42.0 Å². The average molecular weight is 450 g/mol. The molecule has 2 aromatic heterocycles. The molecule has 0 saturated carbocycles. The van der Waals surface area contributed by atoms with Crippen molar-refractivity contribution in [1.29, 1.82) is 0 Å². The Hall–Kier alpha value is -3.53. The fraction of sp³-hybridized carbons (Fsp3) is 0.435. The summed E-state index contributed by atoms with van der Waals surface area (Å²) < 4.78 is 1.63. The maximum Gasteiger partial charge on any atom is 0.287 e. The van der Waals surface area contributed by atoms with E-state index in [-0.39, 0.29) is 24.2 Å². The summed E-state index contributed by atoms with van der Waals surface area (Å²) in [5, 5.41) is 15.6. The van der Waals surface area contributed by atoms with Crippen molar-refractivity contribution in [2.24, 2.45) is 7.05 Å². The van der Waals surface area contributed by atoms with Crippen LogP contribution in [-0.2, 0) is 17.3 Å². The number of benzene rings is 1. The molecule has 0 atom stereocenters. The van der Waals surface area contributed by atoms with E-state index in [2.05, 4.69) is 30.5 Å². The Kier molecular flexibility index (Phi) is 4.86. The highest BCUT2D eigenvalue weighted by atomic mass is 16.3. The first-order chi connectivity index (χ1) is 15.7. The zero-order valence-electron chi connectivity index (χ0n) is 18.9. The second-order valence-corrected chi connectivity index (χ2v) is 9.43. The Bertz CT molecular complexity index is 1250. The normalized spacial score (nSPS) is 17.3. The zero-order chi connectivity index (χ0) is 23.4. The highest BCUT2D eigenvalue weighted by Crippen LogP contribution is 2.45. The van der Waals surface area contributed by atoms with E-state index in [9.17, 15) is 14.7 Å². The number of fused-ring (bicyclic) bond motifs is 3. The van der Waals surface area contributed by atoms with Gasteiger partial charge in [0.25, 0.3) is 5.91 Å². The van der Waals surface area contributed by atoms with Crippen molar-refractivity contribution in [2.75, 3.05) is 29.9 Å². The first-order valence-electron chi connectivity index (χ1n) is 11.0. The van der Waals surface area contributed by atoms with Crippen molar-refractivity contribution in [2.45, 2.75) is 37.7 Å². The number of aliphatic hydroxyl groups is 1. The number of hydrogen-bond donors (Lipinski definition) is 3. The molecule has 1 aromatic carbocycles. The number of aromatic nitrogens is 4. The fourth-order valence-electron chi connectivity index (χ4n) is 4.77. The molecule has 172 valence electrons. The topological polar surface area (TPSA) is 125 Å². The van der Waals surface area contributed by atoms with Crippen LogP contribution in [0.5, 0.6) is 0 Å². The minimum absolute atomic E-state index is 0.0554. The summed E-state index contributed by atoms with van der Waals surface area (Å²) in [6.45, 7) is 4.61. The summed E-state index contributed by atoms with van der Waals surface area (Å²) in [6, 6.07) is 7.88. The number of nitrogens with one attached hydrogen (secondary N) is 2. The molecule has 2 amide bonds. The van der Waals surface area contributed by atoms with Crippen LogP contribution in [0.4, 0.5) is 11.5 Å². The minimum atomic E-state index is -1.03. The second kappa shape index (κ2) is 7.51. The Balaban J connectivity index is 1.41. The van der Waals surface area contributed by atoms with E-state index in [0.717, 1.165) is 11.3 Å². The van der Waals surface area contributed by atoms with Gasteiger partial charge in [-0.05, 0) is 38.3 Å². The number of para-hydroxylation sites is 1. The lowest BCUT2D eigenvalue weighted by molar-refractivity contribution is -0.121. The van der Waals surface area contributed by atoms with Crippen molar-refractivity contribution in [3.8, 4) is 0 Å². The Morgan fingerprint density at radius 1 is 1.24 bits per heavy atom. The van der Waals surface area contributed by atoms with Crippen molar-refractivity contribution in [1.82, 2.24) is 24.8 Å². The van der Waals surface area contributed by atoms with E-state index in [0.29, 0.717) is 42.9 Å². The predicted octanol–water partition coefficient (Wildman–Crippen LogP) is 1.35. The van der Waals surface area contributed by atoms with Gasteiger partial charge in [-0.25, -0.2) is 15.0 Å². The van der Waals surface area contributed by atoms with Crippen LogP contribution in [0.25, 0.3) is 11.2 Å². The quantitative estimate of drug-likeness (QED) is 0.549. The molecule has 2 aliphatic heterocycles. The number of aryl methyl sites for hydroxylation is 1. The molecule has 4 heterocycles. The van der Waals surface area contributed by atoms with E-state index >= 15 is 0 Å². The molecule has 1 saturated heterocycles. The van der Waals surface area contributed by atoms with Gasteiger partial charge >= 0.3 is 0 Å². The number of anilines is 2. The highest BCUT2D eigenvalue weighted by Gasteiger charge is 2.48. The molecular weight excluding hydrogens is 422 g/mol. The number of carbonyl (C=O) groups excluding carboxylic acids is 2. The number of amides is 2. The molecule has 3 N–H and O–H groups in total. The van der Waals surface area contributed by atoms with Crippen LogP contribution >= 0.6 is 0 Å². The molecule has 3 aromatic rings. The molecule has 5 rings (SSSR count). The maximum atomic E-state index is 12.9. The van der Waals surface area contributed by atoms with E-state index in [4.69, 9.17) is 0 Å². The van der Waals surface area contributed by atoms with Crippen molar-refractivity contribution < 1.29 is 14.7 Å². The van der Waals surface area contributed by atoms with Crippen molar-refractivity contribution in [3.63, 3.8) is 0 Å². The third kappa shape index (κ3) is 3.50. The summed E-state index contributed by atoms with van der Waals surface area (Å²) in [4.78, 5) is 41.0. The molecule has 0 radical (unpaired) electrons. The summed E-state index contributed by atoms with van der Waals surface area (Å²) in [5.41, 5.74) is 1.50. The van der Waals surface area contributed by atoms with Gasteiger partial charge in [0.05, 0.1) is 11.0 Å². The van der Waals surface area contributed by atoms with Crippen molar-refractivity contribution >= 4 is 34.5 Å². The molecule has 10 nitrogen and oxygen atoms in total. The lowest BCUT2D eigenvalue weighted by atomic mass is 9.73. The van der Waals surface area contributed by atoms with E-state index in [1.165, 1.54) is 6.33 Å². The number of rotatable bonds is 4. The van der Waals surface area contributed by atoms with Gasteiger partial charge in [-0.15, -0.1) is 0 Å². The van der Waals surface area contributed by atoms with Gasteiger partial charge in [0.2, 0.25) is 11.7 Å². The third-order valence-electron chi connectivity index (χ3n) is 6.56. The molecule has 2 aliphatic rings. The number of piperidine rings is 1. The predicted molar refractivity (Wildman–Crippen MR) is 123 cm³/mol. The Labute approximate surface area is 191 Å². The smallest absolute Gasteiger partial charge is 0.287 e. The lowest BCUT2D eigenvalue weighted by Gasteiger charge is -2.38.